The van der Waals surface area contributed by atoms with Gasteiger partial charge in [0, 0.05) is 16.4 Å². The summed E-state index contributed by atoms with van der Waals surface area (Å²) in [5.74, 6) is 0. The van der Waals surface area contributed by atoms with Crippen LogP contribution in [-0.2, 0) is 0 Å². The van der Waals surface area contributed by atoms with Gasteiger partial charge in [0.05, 0.1) is 11.8 Å². The van der Waals surface area contributed by atoms with Crippen LogP contribution in [-0.4, -0.2) is 4.98 Å². The number of nitrogens with one attached hydrogen (secondary N) is 1. The maximum Gasteiger partial charge on any atom is 0.157 e. The molecule has 18 heavy (non-hydrogen) atoms. The molecule has 0 saturated carbocycles. The van der Waals surface area contributed by atoms with Crippen molar-refractivity contribution in [2.75, 3.05) is 5.32 Å². The standard InChI is InChI=1S/C14H12BrN3/c1-10-4-2-3-5-12(10)18-14(8-16)13-7-6-11(15)9-17-13/h2-7,9,14,18H,1H3. The molecule has 0 amide bonds. The third-order valence-electron chi connectivity index (χ3n) is 2.62. The molecule has 1 heterocycles. The number of rotatable bonds is 3. The molecule has 1 aromatic heterocycles. The number of nitrogens with zero attached hydrogens (tertiary/aromatic N) is 2. The first-order valence-electron chi connectivity index (χ1n) is 5.54. The van der Waals surface area contributed by atoms with Crippen LogP contribution in [0.15, 0.2) is 47.1 Å². The van der Waals surface area contributed by atoms with Crippen molar-refractivity contribution in [3.8, 4) is 6.07 Å². The van der Waals surface area contributed by atoms with Gasteiger partial charge in [-0.15, -0.1) is 0 Å². The van der Waals surface area contributed by atoms with E-state index in [0.717, 1.165) is 15.7 Å². The molecule has 0 saturated heterocycles. The lowest BCUT2D eigenvalue weighted by Gasteiger charge is -2.14. The highest BCUT2D eigenvalue weighted by Gasteiger charge is 2.12. The zero-order valence-corrected chi connectivity index (χ0v) is 11.5. The lowest BCUT2D eigenvalue weighted by Crippen LogP contribution is -2.10. The molecule has 2 aromatic rings. The molecule has 3 nitrogen and oxygen atoms in total. The lowest BCUT2D eigenvalue weighted by molar-refractivity contribution is 0.930. The van der Waals surface area contributed by atoms with Crippen LogP contribution in [0.25, 0.3) is 0 Å². The second kappa shape index (κ2) is 5.65. The monoisotopic (exact) mass is 301 g/mol. The van der Waals surface area contributed by atoms with Crippen LogP contribution in [0.2, 0.25) is 0 Å². The maximum absolute atomic E-state index is 9.24. The fourth-order valence-electron chi connectivity index (χ4n) is 1.62. The predicted octanol–water partition coefficient (Wildman–Crippen LogP) is 3.83. The fourth-order valence-corrected chi connectivity index (χ4v) is 1.86. The summed E-state index contributed by atoms with van der Waals surface area (Å²) in [4.78, 5) is 4.24. The number of aromatic nitrogens is 1. The van der Waals surface area contributed by atoms with Crippen molar-refractivity contribution < 1.29 is 0 Å². The number of benzene rings is 1. The first-order chi connectivity index (χ1) is 8.70. The summed E-state index contributed by atoms with van der Waals surface area (Å²) < 4.78 is 0.902. The Morgan fingerprint density at radius 2 is 2.06 bits per heavy atom. The largest absolute Gasteiger partial charge is 0.365 e. The molecule has 2 rings (SSSR count). The van der Waals surface area contributed by atoms with Gasteiger partial charge in [0.2, 0.25) is 0 Å². The normalized spacial score (nSPS) is 11.6. The Balaban J connectivity index is 2.23. The molecule has 4 heteroatoms. The van der Waals surface area contributed by atoms with E-state index in [1.807, 2.05) is 43.3 Å². The second-order valence-corrected chi connectivity index (χ2v) is 4.84. The predicted molar refractivity (Wildman–Crippen MR) is 75.1 cm³/mol. The fraction of sp³-hybridized carbons (Fsp3) is 0.143. The van der Waals surface area contributed by atoms with Crippen molar-refractivity contribution in [2.24, 2.45) is 0 Å². The Kier molecular flexibility index (Phi) is 3.96. The summed E-state index contributed by atoms with van der Waals surface area (Å²) in [7, 11) is 0. The van der Waals surface area contributed by atoms with Gasteiger partial charge >= 0.3 is 0 Å². The van der Waals surface area contributed by atoms with E-state index in [-0.39, 0.29) is 0 Å². The van der Waals surface area contributed by atoms with E-state index in [9.17, 15) is 5.26 Å². The van der Waals surface area contributed by atoms with Gasteiger partial charge < -0.3 is 5.32 Å². The highest BCUT2D eigenvalue weighted by molar-refractivity contribution is 9.10. The van der Waals surface area contributed by atoms with E-state index in [2.05, 4.69) is 32.3 Å². The van der Waals surface area contributed by atoms with Crippen molar-refractivity contribution in [3.63, 3.8) is 0 Å². The molecule has 0 aliphatic carbocycles. The summed E-state index contributed by atoms with van der Waals surface area (Å²) in [5, 5.41) is 12.4. The van der Waals surface area contributed by atoms with Gasteiger partial charge in [-0.1, -0.05) is 18.2 Å². The summed E-state index contributed by atoms with van der Waals surface area (Å²) in [6, 6.07) is 13.4. The highest BCUT2D eigenvalue weighted by atomic mass is 79.9. The summed E-state index contributed by atoms with van der Waals surface area (Å²) >= 11 is 3.33. The minimum absolute atomic E-state index is 0.445. The minimum Gasteiger partial charge on any atom is -0.365 e. The molecule has 1 unspecified atom stereocenters. The molecule has 90 valence electrons. The summed E-state index contributed by atoms with van der Waals surface area (Å²) in [6.07, 6.45) is 1.69. The van der Waals surface area contributed by atoms with Gasteiger partial charge in [0.1, 0.15) is 0 Å². The van der Waals surface area contributed by atoms with Crippen LogP contribution in [0.5, 0.6) is 0 Å². The average molecular weight is 302 g/mol. The Hall–Kier alpha value is -1.86. The minimum atomic E-state index is -0.445. The van der Waals surface area contributed by atoms with Gasteiger partial charge in [-0.2, -0.15) is 5.26 Å². The Labute approximate surface area is 115 Å². The third-order valence-corrected chi connectivity index (χ3v) is 3.09. The lowest BCUT2D eigenvalue weighted by atomic mass is 10.1. The Bertz CT molecular complexity index is 572. The smallest absolute Gasteiger partial charge is 0.157 e. The van der Waals surface area contributed by atoms with Crippen LogP contribution in [0, 0.1) is 18.3 Å². The van der Waals surface area contributed by atoms with Gasteiger partial charge in [-0.3, -0.25) is 4.98 Å². The van der Waals surface area contributed by atoms with E-state index in [1.165, 1.54) is 0 Å². The number of halogens is 1. The van der Waals surface area contributed by atoms with E-state index < -0.39 is 6.04 Å². The van der Waals surface area contributed by atoms with E-state index in [4.69, 9.17) is 0 Å². The zero-order chi connectivity index (χ0) is 13.0. The quantitative estimate of drug-likeness (QED) is 0.937. The third kappa shape index (κ3) is 2.88. The molecular weight excluding hydrogens is 290 g/mol. The van der Waals surface area contributed by atoms with Crippen molar-refractivity contribution in [1.82, 2.24) is 4.98 Å². The van der Waals surface area contributed by atoms with Crippen LogP contribution in [0.4, 0.5) is 5.69 Å². The number of hydrogen-bond donors (Lipinski definition) is 1. The van der Waals surface area contributed by atoms with E-state index in [0.29, 0.717) is 5.69 Å². The maximum atomic E-state index is 9.24. The van der Waals surface area contributed by atoms with Crippen molar-refractivity contribution in [1.29, 1.82) is 5.26 Å². The number of pyridine rings is 1. The van der Waals surface area contributed by atoms with Gasteiger partial charge in [0.15, 0.2) is 6.04 Å². The van der Waals surface area contributed by atoms with E-state index >= 15 is 0 Å². The first kappa shape index (κ1) is 12.6. The number of anilines is 1. The molecule has 1 atom stereocenters. The second-order valence-electron chi connectivity index (χ2n) is 3.92. The number of hydrogen-bond acceptors (Lipinski definition) is 3. The topological polar surface area (TPSA) is 48.7 Å². The summed E-state index contributed by atoms with van der Waals surface area (Å²) in [5.41, 5.74) is 2.77. The van der Waals surface area contributed by atoms with Crippen LogP contribution in [0.1, 0.15) is 17.3 Å². The Morgan fingerprint density at radius 3 is 2.67 bits per heavy atom. The van der Waals surface area contributed by atoms with Crippen LogP contribution in [0.3, 0.4) is 0 Å². The zero-order valence-electron chi connectivity index (χ0n) is 9.89. The van der Waals surface area contributed by atoms with Gasteiger partial charge in [-0.25, -0.2) is 0 Å². The SMILES string of the molecule is Cc1ccccc1NC(C#N)c1ccc(Br)cn1. The van der Waals surface area contributed by atoms with Crippen molar-refractivity contribution >= 4 is 21.6 Å². The highest BCUT2D eigenvalue weighted by Crippen LogP contribution is 2.21. The average Bonchev–Trinajstić information content (AvgIpc) is 2.39. The van der Waals surface area contributed by atoms with Gasteiger partial charge in [-0.05, 0) is 46.6 Å². The molecule has 1 N–H and O–H groups in total. The Morgan fingerprint density at radius 1 is 1.28 bits per heavy atom. The molecule has 1 aromatic carbocycles. The molecule has 0 aliphatic rings. The molecule has 0 radical (unpaired) electrons. The molecular formula is C14H12BrN3. The number of para-hydroxylation sites is 1. The molecule has 0 spiro atoms. The van der Waals surface area contributed by atoms with E-state index in [1.54, 1.807) is 6.20 Å². The number of aryl methyl sites for hydroxylation is 1. The molecule has 0 fully saturated rings. The number of nitriles is 1. The molecule has 0 bridgehead atoms. The van der Waals surface area contributed by atoms with Crippen LogP contribution < -0.4 is 5.32 Å². The van der Waals surface area contributed by atoms with Crippen LogP contribution >= 0.6 is 15.9 Å². The van der Waals surface area contributed by atoms with Gasteiger partial charge in [0.25, 0.3) is 0 Å². The molecule has 0 aliphatic heterocycles. The van der Waals surface area contributed by atoms with Crippen molar-refractivity contribution in [2.45, 2.75) is 13.0 Å². The summed E-state index contributed by atoms with van der Waals surface area (Å²) in [6.45, 7) is 2.01. The first-order valence-corrected chi connectivity index (χ1v) is 6.33. The van der Waals surface area contributed by atoms with Crippen molar-refractivity contribution in [3.05, 3.63) is 58.3 Å².